The fourth-order valence-electron chi connectivity index (χ4n) is 3.37. The van der Waals surface area contributed by atoms with Gasteiger partial charge in [-0.15, -0.1) is 0 Å². The number of ether oxygens (including phenoxy) is 1. The standard InChI is InChI=1S/C26H27F2N3O5S/c1-3-29-26(33)18(2)31(16-19-4-6-20(27)7-5-19)25(32)17-36-23-12-14-24(15-13-23)37(34,35)30-22-10-8-21(28)9-11-22/h4-15,18,30H,3,16-17H2,1-2H3,(H,29,33)/t18-/m0/s1. The molecule has 3 aromatic rings. The molecule has 0 saturated carbocycles. The van der Waals surface area contributed by atoms with Gasteiger partial charge in [-0.3, -0.25) is 14.3 Å². The van der Waals surface area contributed by atoms with Crippen LogP contribution >= 0.6 is 0 Å². The highest BCUT2D eigenvalue weighted by Crippen LogP contribution is 2.20. The van der Waals surface area contributed by atoms with Gasteiger partial charge in [-0.05, 0) is 80.1 Å². The van der Waals surface area contributed by atoms with Crippen LogP contribution in [-0.2, 0) is 26.2 Å². The minimum Gasteiger partial charge on any atom is -0.484 e. The van der Waals surface area contributed by atoms with Crippen LogP contribution in [0.1, 0.15) is 19.4 Å². The minimum atomic E-state index is -3.93. The zero-order chi connectivity index (χ0) is 27.0. The van der Waals surface area contributed by atoms with Gasteiger partial charge >= 0.3 is 0 Å². The first-order valence-electron chi connectivity index (χ1n) is 11.4. The number of nitrogens with one attached hydrogen (secondary N) is 2. The highest BCUT2D eigenvalue weighted by Gasteiger charge is 2.26. The fraction of sp³-hybridized carbons (Fsp3) is 0.231. The van der Waals surface area contributed by atoms with E-state index in [2.05, 4.69) is 10.0 Å². The Kier molecular flexibility index (Phi) is 9.18. The van der Waals surface area contributed by atoms with Crippen molar-refractivity contribution in [2.24, 2.45) is 0 Å². The second-order valence-corrected chi connectivity index (χ2v) is 9.77. The smallest absolute Gasteiger partial charge is 0.261 e. The number of nitrogens with zero attached hydrogens (tertiary/aromatic N) is 1. The number of sulfonamides is 1. The van der Waals surface area contributed by atoms with Gasteiger partial charge in [0.25, 0.3) is 15.9 Å². The number of hydrogen-bond donors (Lipinski definition) is 2. The van der Waals surface area contributed by atoms with Gasteiger partial charge in [0.05, 0.1) is 4.90 Å². The molecule has 2 N–H and O–H groups in total. The Bertz CT molecular complexity index is 1320. The highest BCUT2D eigenvalue weighted by molar-refractivity contribution is 7.92. The van der Waals surface area contributed by atoms with Crippen LogP contribution in [-0.4, -0.2) is 44.3 Å². The molecule has 0 fully saturated rings. The summed E-state index contributed by atoms with van der Waals surface area (Å²) >= 11 is 0. The Morgan fingerprint density at radius 3 is 2.05 bits per heavy atom. The lowest BCUT2D eigenvalue weighted by Crippen LogP contribution is -2.49. The van der Waals surface area contributed by atoms with Crippen LogP contribution in [0.3, 0.4) is 0 Å². The molecule has 37 heavy (non-hydrogen) atoms. The first-order chi connectivity index (χ1) is 17.6. The molecule has 8 nitrogen and oxygen atoms in total. The van der Waals surface area contributed by atoms with Gasteiger partial charge in [-0.25, -0.2) is 17.2 Å². The van der Waals surface area contributed by atoms with Crippen LogP contribution in [0.4, 0.5) is 14.5 Å². The number of carbonyl (C=O) groups is 2. The van der Waals surface area contributed by atoms with E-state index in [1.54, 1.807) is 13.8 Å². The first-order valence-corrected chi connectivity index (χ1v) is 12.9. The predicted molar refractivity (Wildman–Crippen MR) is 134 cm³/mol. The molecule has 0 aliphatic rings. The van der Waals surface area contributed by atoms with Crippen LogP contribution in [0.5, 0.6) is 5.75 Å². The Morgan fingerprint density at radius 2 is 1.49 bits per heavy atom. The average molecular weight is 532 g/mol. The van der Waals surface area contributed by atoms with Crippen molar-refractivity contribution in [2.75, 3.05) is 17.9 Å². The normalized spacial score (nSPS) is 11.9. The largest absolute Gasteiger partial charge is 0.484 e. The first kappa shape index (κ1) is 27.6. The zero-order valence-corrected chi connectivity index (χ0v) is 21.1. The number of rotatable bonds is 11. The lowest BCUT2D eigenvalue weighted by molar-refractivity contribution is -0.142. The summed E-state index contributed by atoms with van der Waals surface area (Å²) in [6.07, 6.45) is 0. The summed E-state index contributed by atoms with van der Waals surface area (Å²) in [7, 11) is -3.93. The van der Waals surface area contributed by atoms with E-state index in [1.165, 1.54) is 65.6 Å². The Labute approximate surface area is 214 Å². The summed E-state index contributed by atoms with van der Waals surface area (Å²) in [5.74, 6) is -1.50. The van der Waals surface area contributed by atoms with Crippen LogP contribution in [0.2, 0.25) is 0 Å². The molecule has 0 radical (unpaired) electrons. The monoisotopic (exact) mass is 531 g/mol. The average Bonchev–Trinajstić information content (AvgIpc) is 2.88. The Morgan fingerprint density at radius 1 is 0.919 bits per heavy atom. The van der Waals surface area contributed by atoms with E-state index >= 15 is 0 Å². The molecule has 1 atom stereocenters. The second kappa shape index (κ2) is 12.3. The third kappa shape index (κ3) is 7.74. The van der Waals surface area contributed by atoms with Gasteiger partial charge < -0.3 is 15.0 Å². The molecule has 2 amide bonds. The van der Waals surface area contributed by atoms with E-state index in [4.69, 9.17) is 4.74 Å². The molecular weight excluding hydrogens is 504 g/mol. The number of amides is 2. The number of benzene rings is 3. The van der Waals surface area contributed by atoms with Crippen molar-refractivity contribution in [3.8, 4) is 5.75 Å². The van der Waals surface area contributed by atoms with Gasteiger partial charge in [0, 0.05) is 18.8 Å². The van der Waals surface area contributed by atoms with Gasteiger partial charge in [-0.2, -0.15) is 0 Å². The van der Waals surface area contributed by atoms with Crippen LogP contribution in [0.25, 0.3) is 0 Å². The van der Waals surface area contributed by atoms with Crippen LogP contribution in [0, 0.1) is 11.6 Å². The summed E-state index contributed by atoms with van der Waals surface area (Å²) in [4.78, 5) is 26.7. The third-order valence-corrected chi connectivity index (χ3v) is 6.77. The highest BCUT2D eigenvalue weighted by atomic mass is 32.2. The molecule has 0 unspecified atom stereocenters. The van der Waals surface area contributed by atoms with Crippen molar-refractivity contribution in [3.63, 3.8) is 0 Å². The maximum absolute atomic E-state index is 13.3. The molecule has 0 aliphatic carbocycles. The van der Waals surface area contributed by atoms with Crippen molar-refractivity contribution < 1.29 is 31.5 Å². The summed E-state index contributed by atoms with van der Waals surface area (Å²) < 4.78 is 59.4. The van der Waals surface area contributed by atoms with Gasteiger partial charge in [0.2, 0.25) is 5.91 Å². The maximum Gasteiger partial charge on any atom is 0.261 e. The SMILES string of the molecule is CCNC(=O)[C@H](C)N(Cc1ccc(F)cc1)C(=O)COc1ccc(S(=O)(=O)Nc2ccc(F)cc2)cc1. The molecule has 3 rings (SSSR count). The van der Waals surface area contributed by atoms with E-state index < -0.39 is 40.2 Å². The van der Waals surface area contributed by atoms with Crippen molar-refractivity contribution in [1.29, 1.82) is 0 Å². The van der Waals surface area contributed by atoms with Crippen molar-refractivity contribution in [1.82, 2.24) is 10.2 Å². The van der Waals surface area contributed by atoms with Crippen molar-refractivity contribution in [3.05, 3.63) is 90.0 Å². The van der Waals surface area contributed by atoms with E-state index in [0.717, 1.165) is 12.1 Å². The molecule has 0 spiro atoms. The summed E-state index contributed by atoms with van der Waals surface area (Å²) in [5.41, 5.74) is 0.837. The molecule has 11 heteroatoms. The maximum atomic E-state index is 13.3. The van der Waals surface area contributed by atoms with Crippen LogP contribution in [0.15, 0.2) is 77.7 Å². The predicted octanol–water partition coefficient (Wildman–Crippen LogP) is 3.70. The number of likely N-dealkylation sites (N-methyl/N-ethyl adjacent to an activating group) is 1. The zero-order valence-electron chi connectivity index (χ0n) is 20.3. The molecule has 0 heterocycles. The lowest BCUT2D eigenvalue weighted by atomic mass is 10.1. The van der Waals surface area contributed by atoms with Crippen LogP contribution < -0.4 is 14.8 Å². The molecule has 0 aliphatic heterocycles. The van der Waals surface area contributed by atoms with E-state index in [9.17, 15) is 26.8 Å². The number of halogens is 2. The van der Waals surface area contributed by atoms with Gasteiger partial charge in [0.1, 0.15) is 23.4 Å². The molecule has 3 aromatic carbocycles. The van der Waals surface area contributed by atoms with E-state index in [0.29, 0.717) is 12.1 Å². The van der Waals surface area contributed by atoms with Gasteiger partial charge in [0.15, 0.2) is 6.61 Å². The quantitative estimate of drug-likeness (QED) is 0.393. The Hall–Kier alpha value is -3.99. The molecule has 0 saturated heterocycles. The van der Waals surface area contributed by atoms with Gasteiger partial charge in [-0.1, -0.05) is 12.1 Å². The Balaban J connectivity index is 1.67. The number of hydrogen-bond acceptors (Lipinski definition) is 5. The molecule has 0 aromatic heterocycles. The van der Waals surface area contributed by atoms with E-state index in [-0.39, 0.29) is 28.8 Å². The summed E-state index contributed by atoms with van der Waals surface area (Å²) in [6, 6.07) is 15.1. The minimum absolute atomic E-state index is 0.0571. The molecular formula is C26H27F2N3O5S. The second-order valence-electron chi connectivity index (χ2n) is 8.09. The molecule has 196 valence electrons. The molecule has 0 bridgehead atoms. The summed E-state index contributed by atoms with van der Waals surface area (Å²) in [5, 5.41) is 2.67. The lowest BCUT2D eigenvalue weighted by Gasteiger charge is -2.28. The topological polar surface area (TPSA) is 105 Å². The third-order valence-electron chi connectivity index (χ3n) is 5.38. The number of carbonyl (C=O) groups excluding carboxylic acids is 2. The fourth-order valence-corrected chi connectivity index (χ4v) is 4.42. The van der Waals surface area contributed by atoms with Crippen molar-refractivity contribution >= 4 is 27.5 Å². The van der Waals surface area contributed by atoms with E-state index in [1.807, 2.05) is 0 Å². The summed E-state index contributed by atoms with van der Waals surface area (Å²) in [6.45, 7) is 3.39. The van der Waals surface area contributed by atoms with Crippen molar-refractivity contribution in [2.45, 2.75) is 31.3 Å². The number of anilines is 1.